The van der Waals surface area contributed by atoms with Crippen LogP contribution in [-0.4, -0.2) is 23.2 Å². The molecule has 4 N–H and O–H groups in total. The van der Waals surface area contributed by atoms with Crippen molar-refractivity contribution in [1.82, 2.24) is 5.32 Å². The Balaban J connectivity index is 2.87. The van der Waals surface area contributed by atoms with Gasteiger partial charge in [0, 0.05) is 22.3 Å². The predicted molar refractivity (Wildman–Crippen MR) is 76.4 cm³/mol. The van der Waals surface area contributed by atoms with Crippen molar-refractivity contribution in [2.75, 3.05) is 12.3 Å². The van der Waals surface area contributed by atoms with Crippen molar-refractivity contribution in [2.24, 2.45) is 0 Å². The van der Waals surface area contributed by atoms with E-state index in [1.54, 1.807) is 18.2 Å². The van der Waals surface area contributed by atoms with Gasteiger partial charge in [0.1, 0.15) is 0 Å². The number of aliphatic hydroxyl groups is 1. The minimum atomic E-state index is -0.411. The first-order valence-corrected chi connectivity index (χ1v) is 6.69. The lowest BCUT2D eigenvalue weighted by atomic mass is 9.94. The third-order valence-electron chi connectivity index (χ3n) is 3.12. The lowest BCUT2D eigenvalue weighted by Gasteiger charge is -2.29. The molecule has 100 valence electrons. The van der Waals surface area contributed by atoms with Gasteiger partial charge in [-0.1, -0.05) is 22.9 Å². The highest BCUT2D eigenvalue weighted by Gasteiger charge is 2.24. The second kappa shape index (κ2) is 6.20. The highest BCUT2D eigenvalue weighted by molar-refractivity contribution is 9.10. The van der Waals surface area contributed by atoms with E-state index in [4.69, 9.17) is 10.8 Å². The molecule has 18 heavy (non-hydrogen) atoms. The van der Waals surface area contributed by atoms with Crippen LogP contribution in [0.25, 0.3) is 0 Å². The first-order chi connectivity index (χ1) is 8.41. The van der Waals surface area contributed by atoms with E-state index in [1.807, 2.05) is 13.8 Å². The van der Waals surface area contributed by atoms with Gasteiger partial charge in [-0.3, -0.25) is 4.79 Å². The fraction of sp³-hybridized carbons (Fsp3) is 0.462. The molecule has 1 amide bonds. The molecule has 0 saturated carbocycles. The molecule has 1 aromatic carbocycles. The number of carbonyl (C=O) groups is 1. The summed E-state index contributed by atoms with van der Waals surface area (Å²) in [5, 5.41) is 12.0. The van der Waals surface area contributed by atoms with Gasteiger partial charge in [-0.15, -0.1) is 0 Å². The Labute approximate surface area is 116 Å². The molecule has 0 aliphatic carbocycles. The molecule has 0 aliphatic rings. The summed E-state index contributed by atoms with van der Waals surface area (Å²) < 4.78 is 0.838. The minimum absolute atomic E-state index is 0.0421. The number of benzene rings is 1. The molecule has 1 atom stereocenters. The van der Waals surface area contributed by atoms with E-state index in [-0.39, 0.29) is 12.5 Å². The van der Waals surface area contributed by atoms with Crippen molar-refractivity contribution in [1.29, 1.82) is 0 Å². The molecular formula is C13H19BrN2O2. The second-order valence-electron chi connectivity index (χ2n) is 4.57. The van der Waals surface area contributed by atoms with Crippen LogP contribution in [0.5, 0.6) is 0 Å². The van der Waals surface area contributed by atoms with Crippen LogP contribution in [0.4, 0.5) is 5.69 Å². The third kappa shape index (κ3) is 3.71. The van der Waals surface area contributed by atoms with Crippen LogP contribution in [-0.2, 0) is 0 Å². The molecule has 0 radical (unpaired) electrons. The van der Waals surface area contributed by atoms with Crippen LogP contribution >= 0.6 is 15.9 Å². The Hall–Kier alpha value is -1.07. The minimum Gasteiger partial charge on any atom is -0.398 e. The van der Waals surface area contributed by atoms with Crippen molar-refractivity contribution in [2.45, 2.75) is 32.2 Å². The van der Waals surface area contributed by atoms with Crippen molar-refractivity contribution in [3.8, 4) is 0 Å². The van der Waals surface area contributed by atoms with Gasteiger partial charge >= 0.3 is 0 Å². The fourth-order valence-corrected chi connectivity index (χ4v) is 2.04. The van der Waals surface area contributed by atoms with Crippen LogP contribution in [0, 0.1) is 0 Å². The second-order valence-corrected chi connectivity index (χ2v) is 5.49. The molecule has 1 aromatic rings. The Morgan fingerprint density at radius 2 is 2.22 bits per heavy atom. The quantitative estimate of drug-likeness (QED) is 0.730. The topological polar surface area (TPSA) is 75.3 Å². The smallest absolute Gasteiger partial charge is 0.253 e. The van der Waals surface area contributed by atoms with Gasteiger partial charge in [-0.25, -0.2) is 0 Å². The zero-order valence-electron chi connectivity index (χ0n) is 10.7. The zero-order valence-corrected chi connectivity index (χ0v) is 12.3. The summed E-state index contributed by atoms with van der Waals surface area (Å²) in [5.74, 6) is -0.210. The molecule has 5 heteroatoms. The number of aliphatic hydroxyl groups excluding tert-OH is 1. The van der Waals surface area contributed by atoms with Gasteiger partial charge < -0.3 is 16.2 Å². The van der Waals surface area contributed by atoms with Crippen molar-refractivity contribution in [3.05, 3.63) is 28.2 Å². The van der Waals surface area contributed by atoms with Crippen LogP contribution in [0.2, 0.25) is 0 Å². The average Bonchev–Trinajstić information content (AvgIpc) is 2.28. The van der Waals surface area contributed by atoms with E-state index in [2.05, 4.69) is 21.2 Å². The summed E-state index contributed by atoms with van der Waals surface area (Å²) in [6, 6.07) is 5.16. The third-order valence-corrected chi connectivity index (χ3v) is 3.61. The van der Waals surface area contributed by atoms with Crippen LogP contribution in [0.15, 0.2) is 22.7 Å². The van der Waals surface area contributed by atoms with E-state index in [0.717, 1.165) is 10.9 Å². The van der Waals surface area contributed by atoms with E-state index in [9.17, 15) is 4.79 Å². The lowest BCUT2D eigenvalue weighted by Crippen LogP contribution is -2.46. The Bertz CT molecular complexity index is 437. The summed E-state index contributed by atoms with van der Waals surface area (Å²) in [4.78, 5) is 12.1. The number of hydrogen-bond acceptors (Lipinski definition) is 3. The number of halogens is 1. The lowest BCUT2D eigenvalue weighted by molar-refractivity contribution is 0.0887. The molecular weight excluding hydrogens is 296 g/mol. The number of nitrogens with one attached hydrogen (secondary N) is 1. The molecule has 0 saturated heterocycles. The summed E-state index contributed by atoms with van der Waals surface area (Å²) >= 11 is 3.30. The van der Waals surface area contributed by atoms with E-state index >= 15 is 0 Å². The number of amides is 1. The highest BCUT2D eigenvalue weighted by atomic mass is 79.9. The van der Waals surface area contributed by atoms with Crippen LogP contribution in [0.3, 0.4) is 0 Å². The molecule has 0 spiro atoms. The van der Waals surface area contributed by atoms with Crippen LogP contribution < -0.4 is 11.1 Å². The number of nitrogen functional groups attached to an aromatic ring is 1. The summed E-state index contributed by atoms with van der Waals surface area (Å²) in [5.41, 5.74) is 6.29. The van der Waals surface area contributed by atoms with Crippen LogP contribution in [0.1, 0.15) is 37.0 Å². The summed E-state index contributed by atoms with van der Waals surface area (Å²) in [6.07, 6.45) is 1.27. The van der Waals surface area contributed by atoms with E-state index < -0.39 is 5.54 Å². The molecule has 0 bridgehead atoms. The predicted octanol–water partition coefficient (Wildman–Crippen LogP) is 2.31. The molecule has 1 rings (SSSR count). The molecule has 0 aromatic heterocycles. The summed E-state index contributed by atoms with van der Waals surface area (Å²) in [6.45, 7) is 3.93. The van der Waals surface area contributed by atoms with Crippen molar-refractivity contribution >= 4 is 27.5 Å². The maximum atomic E-state index is 12.1. The van der Waals surface area contributed by atoms with E-state index in [0.29, 0.717) is 17.7 Å². The van der Waals surface area contributed by atoms with Crippen molar-refractivity contribution in [3.63, 3.8) is 0 Å². The SMILES string of the molecule is CCC(C)(CCO)NC(=O)c1ccc(Br)cc1N. The number of rotatable bonds is 5. The maximum Gasteiger partial charge on any atom is 0.253 e. The Kier molecular flexibility index (Phi) is 5.16. The molecule has 1 unspecified atom stereocenters. The fourth-order valence-electron chi connectivity index (χ4n) is 1.66. The first kappa shape index (κ1) is 15.0. The molecule has 0 fully saturated rings. The standard InChI is InChI=1S/C13H19BrN2O2/c1-3-13(2,6-7-17)16-12(18)10-5-4-9(14)8-11(10)15/h4-5,8,17H,3,6-7,15H2,1-2H3,(H,16,18). The zero-order chi connectivity index (χ0) is 13.8. The monoisotopic (exact) mass is 314 g/mol. The van der Waals surface area contributed by atoms with Gasteiger partial charge in [0.2, 0.25) is 0 Å². The average molecular weight is 315 g/mol. The molecule has 0 heterocycles. The number of anilines is 1. The Morgan fingerprint density at radius 3 is 2.72 bits per heavy atom. The van der Waals surface area contributed by atoms with E-state index in [1.165, 1.54) is 0 Å². The van der Waals surface area contributed by atoms with Gasteiger partial charge in [0.15, 0.2) is 0 Å². The number of nitrogens with two attached hydrogens (primary N) is 1. The van der Waals surface area contributed by atoms with Gasteiger partial charge in [0.05, 0.1) is 5.56 Å². The van der Waals surface area contributed by atoms with Gasteiger partial charge in [-0.05, 0) is 38.0 Å². The maximum absolute atomic E-state index is 12.1. The van der Waals surface area contributed by atoms with Crippen molar-refractivity contribution < 1.29 is 9.90 Å². The number of carbonyl (C=O) groups excluding carboxylic acids is 1. The number of hydrogen-bond donors (Lipinski definition) is 3. The first-order valence-electron chi connectivity index (χ1n) is 5.90. The van der Waals surface area contributed by atoms with Gasteiger partial charge in [-0.2, -0.15) is 0 Å². The molecule has 4 nitrogen and oxygen atoms in total. The Morgan fingerprint density at radius 1 is 1.56 bits per heavy atom. The molecule has 0 aliphatic heterocycles. The van der Waals surface area contributed by atoms with Gasteiger partial charge in [0.25, 0.3) is 5.91 Å². The summed E-state index contributed by atoms with van der Waals surface area (Å²) in [7, 11) is 0. The highest BCUT2D eigenvalue weighted by Crippen LogP contribution is 2.20. The normalized spacial score (nSPS) is 14.0. The largest absolute Gasteiger partial charge is 0.398 e.